The molecule has 0 bridgehead atoms. The smallest absolute Gasteiger partial charge is 0.309 e. The first kappa shape index (κ1) is 30.8. The SMILES string of the molecule is O=C(NCCC[N+]1(Cc2ccccc2Cl)CCOCC1)C(=O)NCCC[N+]1(Cc2ccccc2Cl)CCOCC1. The molecule has 2 aromatic carbocycles. The molecular weight excluding hydrogens is 551 g/mol. The monoisotopic (exact) mass is 592 g/mol. The van der Waals surface area contributed by atoms with Gasteiger partial charge in [0, 0.05) is 47.1 Å². The van der Waals surface area contributed by atoms with Crippen LogP contribution in [0.25, 0.3) is 0 Å². The Balaban J connectivity index is 1.18. The Morgan fingerprint density at radius 3 is 1.40 bits per heavy atom. The number of morpholine rings is 2. The van der Waals surface area contributed by atoms with Crippen LogP contribution < -0.4 is 10.6 Å². The molecule has 0 unspecified atom stereocenters. The second kappa shape index (κ2) is 15.1. The number of ether oxygens (including phenoxy) is 2. The molecule has 2 aliphatic rings. The van der Waals surface area contributed by atoms with Crippen LogP contribution in [0, 0.1) is 0 Å². The van der Waals surface area contributed by atoms with Crippen molar-refractivity contribution in [3.05, 3.63) is 69.7 Å². The zero-order valence-corrected chi connectivity index (χ0v) is 24.7. The van der Waals surface area contributed by atoms with E-state index in [0.29, 0.717) is 39.5 Å². The van der Waals surface area contributed by atoms with E-state index in [-0.39, 0.29) is 0 Å². The highest BCUT2D eigenvalue weighted by Crippen LogP contribution is 2.25. The van der Waals surface area contributed by atoms with Crippen molar-refractivity contribution in [2.75, 3.05) is 78.8 Å². The average Bonchev–Trinajstić information content (AvgIpc) is 2.97. The Morgan fingerprint density at radius 2 is 1.02 bits per heavy atom. The van der Waals surface area contributed by atoms with Gasteiger partial charge in [-0.15, -0.1) is 0 Å². The minimum atomic E-state index is -0.578. The number of hydrogen-bond acceptors (Lipinski definition) is 4. The van der Waals surface area contributed by atoms with Crippen molar-refractivity contribution in [1.82, 2.24) is 10.6 Å². The van der Waals surface area contributed by atoms with Crippen molar-refractivity contribution < 1.29 is 28.0 Å². The van der Waals surface area contributed by atoms with E-state index < -0.39 is 11.8 Å². The highest BCUT2D eigenvalue weighted by molar-refractivity contribution is 6.35. The standard InChI is InChI=1S/C30H40Cl2N4O4/c31-27-9-3-1-7-25(27)23-35(15-19-39-20-16-35)13-5-11-33-29(37)30(38)34-12-6-14-36(17-21-40-22-18-36)24-26-8-2-4-10-28(26)32/h1-4,7-10H,5-6,11-24H2/p+2. The summed E-state index contributed by atoms with van der Waals surface area (Å²) < 4.78 is 13.0. The highest BCUT2D eigenvalue weighted by Gasteiger charge is 2.32. The van der Waals surface area contributed by atoms with Crippen molar-refractivity contribution >= 4 is 35.0 Å². The van der Waals surface area contributed by atoms with Crippen molar-refractivity contribution in [3.8, 4) is 0 Å². The van der Waals surface area contributed by atoms with Gasteiger partial charge in [0.1, 0.15) is 39.3 Å². The Hall–Kier alpha value is -2.20. The van der Waals surface area contributed by atoms with Crippen LogP contribution in [0.3, 0.4) is 0 Å². The average molecular weight is 594 g/mol. The van der Waals surface area contributed by atoms with E-state index in [4.69, 9.17) is 32.7 Å². The van der Waals surface area contributed by atoms with E-state index >= 15 is 0 Å². The number of rotatable bonds is 12. The minimum absolute atomic E-state index is 0.452. The molecular formula is C30H42Cl2N4O4+2. The summed E-state index contributed by atoms with van der Waals surface area (Å²) in [6, 6.07) is 15.9. The fourth-order valence-electron chi connectivity index (χ4n) is 5.75. The van der Waals surface area contributed by atoms with E-state index in [0.717, 1.165) is 95.3 Å². The molecule has 2 aliphatic heterocycles. The Labute approximate surface area is 247 Å². The normalized spacial score (nSPS) is 18.1. The Bertz CT molecular complexity index is 1030. The number of nitrogens with one attached hydrogen (secondary N) is 2. The van der Waals surface area contributed by atoms with Gasteiger partial charge < -0.3 is 29.1 Å². The molecule has 2 saturated heterocycles. The first-order chi connectivity index (χ1) is 19.4. The zero-order chi connectivity index (χ0) is 28.3. The summed E-state index contributed by atoms with van der Waals surface area (Å²) in [4.78, 5) is 24.9. The van der Waals surface area contributed by atoms with E-state index in [2.05, 4.69) is 22.8 Å². The lowest BCUT2D eigenvalue weighted by Gasteiger charge is -2.41. The van der Waals surface area contributed by atoms with Gasteiger partial charge in [0.05, 0.1) is 39.5 Å². The number of nitrogens with zero attached hydrogens (tertiary/aromatic N) is 2. The van der Waals surface area contributed by atoms with Gasteiger partial charge >= 0.3 is 11.8 Å². The largest absolute Gasteiger partial charge is 0.370 e. The number of amides is 2. The van der Waals surface area contributed by atoms with Crippen molar-refractivity contribution in [2.45, 2.75) is 25.9 Å². The van der Waals surface area contributed by atoms with E-state index in [1.807, 2.05) is 36.4 Å². The summed E-state index contributed by atoms with van der Waals surface area (Å²) >= 11 is 12.9. The van der Waals surface area contributed by atoms with Crippen molar-refractivity contribution in [3.63, 3.8) is 0 Å². The van der Waals surface area contributed by atoms with E-state index in [9.17, 15) is 9.59 Å². The second-order valence-corrected chi connectivity index (χ2v) is 11.8. The molecule has 2 heterocycles. The molecule has 0 aliphatic carbocycles. The molecule has 8 nitrogen and oxygen atoms in total. The molecule has 0 saturated carbocycles. The molecule has 40 heavy (non-hydrogen) atoms. The van der Waals surface area contributed by atoms with Gasteiger partial charge in [0.15, 0.2) is 0 Å². The first-order valence-corrected chi connectivity index (χ1v) is 15.0. The fourth-order valence-corrected chi connectivity index (χ4v) is 6.14. The van der Waals surface area contributed by atoms with Gasteiger partial charge in [0.25, 0.3) is 0 Å². The summed E-state index contributed by atoms with van der Waals surface area (Å²) in [5.74, 6) is -1.16. The maximum absolute atomic E-state index is 12.4. The summed E-state index contributed by atoms with van der Waals surface area (Å²) in [5.41, 5.74) is 2.25. The maximum atomic E-state index is 12.4. The molecule has 2 amide bonds. The van der Waals surface area contributed by atoms with Crippen LogP contribution in [0.1, 0.15) is 24.0 Å². The summed E-state index contributed by atoms with van der Waals surface area (Å²) in [5, 5.41) is 7.15. The molecule has 0 aromatic heterocycles. The third-order valence-corrected chi connectivity index (χ3v) is 8.90. The number of hydrogen-bond donors (Lipinski definition) is 2. The fraction of sp³-hybridized carbons (Fsp3) is 0.533. The predicted octanol–water partition coefficient (Wildman–Crippen LogP) is 3.40. The number of quaternary nitrogens is 2. The van der Waals surface area contributed by atoms with Gasteiger partial charge in [-0.1, -0.05) is 59.6 Å². The molecule has 0 spiro atoms. The quantitative estimate of drug-likeness (QED) is 0.225. The highest BCUT2D eigenvalue weighted by atomic mass is 35.5. The van der Waals surface area contributed by atoms with Gasteiger partial charge in [-0.25, -0.2) is 0 Å². The Morgan fingerprint density at radius 1 is 0.650 bits per heavy atom. The van der Waals surface area contributed by atoms with Gasteiger partial charge in [-0.2, -0.15) is 0 Å². The van der Waals surface area contributed by atoms with Crippen LogP contribution in [-0.4, -0.2) is 99.6 Å². The number of carbonyl (C=O) groups excluding carboxylic acids is 2. The molecule has 10 heteroatoms. The number of benzene rings is 2. The first-order valence-electron chi connectivity index (χ1n) is 14.3. The van der Waals surface area contributed by atoms with Crippen LogP contribution in [0.4, 0.5) is 0 Å². The van der Waals surface area contributed by atoms with Crippen LogP contribution in [0.15, 0.2) is 48.5 Å². The molecule has 2 fully saturated rings. The summed E-state index contributed by atoms with van der Waals surface area (Å²) in [6.45, 7) is 10.8. The number of carbonyl (C=O) groups is 2. The topological polar surface area (TPSA) is 76.7 Å². The van der Waals surface area contributed by atoms with Gasteiger partial charge in [0.2, 0.25) is 0 Å². The molecule has 0 atom stereocenters. The van der Waals surface area contributed by atoms with E-state index in [1.165, 1.54) is 0 Å². The maximum Gasteiger partial charge on any atom is 0.309 e. The second-order valence-electron chi connectivity index (χ2n) is 11.0. The summed E-state index contributed by atoms with van der Waals surface area (Å²) in [7, 11) is 0. The van der Waals surface area contributed by atoms with Crippen LogP contribution >= 0.6 is 23.2 Å². The third-order valence-electron chi connectivity index (χ3n) is 8.16. The molecule has 2 N–H and O–H groups in total. The van der Waals surface area contributed by atoms with Crippen LogP contribution in [0.5, 0.6) is 0 Å². The lowest BCUT2D eigenvalue weighted by Crippen LogP contribution is -2.55. The summed E-state index contributed by atoms with van der Waals surface area (Å²) in [6.07, 6.45) is 1.54. The molecule has 4 rings (SSSR count). The van der Waals surface area contributed by atoms with Crippen molar-refractivity contribution in [2.24, 2.45) is 0 Å². The van der Waals surface area contributed by atoms with Crippen LogP contribution in [0.2, 0.25) is 10.0 Å². The molecule has 2 aromatic rings. The van der Waals surface area contributed by atoms with Crippen molar-refractivity contribution in [1.29, 1.82) is 0 Å². The Kier molecular flexibility index (Phi) is 11.6. The van der Waals surface area contributed by atoms with Gasteiger partial charge in [-0.05, 0) is 12.1 Å². The zero-order valence-electron chi connectivity index (χ0n) is 23.2. The van der Waals surface area contributed by atoms with Gasteiger partial charge in [-0.3, -0.25) is 9.59 Å². The minimum Gasteiger partial charge on any atom is -0.370 e. The lowest BCUT2D eigenvalue weighted by molar-refractivity contribution is -0.947. The van der Waals surface area contributed by atoms with Crippen LogP contribution in [-0.2, 0) is 32.2 Å². The molecule has 218 valence electrons. The lowest BCUT2D eigenvalue weighted by atomic mass is 10.1. The molecule has 0 radical (unpaired) electrons. The number of halogens is 2. The predicted molar refractivity (Wildman–Crippen MR) is 157 cm³/mol. The third kappa shape index (κ3) is 8.90. The van der Waals surface area contributed by atoms with E-state index in [1.54, 1.807) is 0 Å².